The zero-order valence-corrected chi connectivity index (χ0v) is 21.8. The molecule has 0 amide bonds. The first-order chi connectivity index (χ1) is 19.3. The monoisotopic (exact) mass is 517 g/mol. The summed E-state index contributed by atoms with van der Waals surface area (Å²) in [5.41, 5.74) is 5.25. The van der Waals surface area contributed by atoms with Crippen molar-refractivity contribution in [2.45, 2.75) is 0 Å². The summed E-state index contributed by atoms with van der Waals surface area (Å²) in [4.78, 5) is 17.4. The van der Waals surface area contributed by atoms with Gasteiger partial charge in [-0.25, -0.2) is 15.0 Å². The number of hydrogen-bond donors (Lipinski definition) is 0. The summed E-state index contributed by atoms with van der Waals surface area (Å²) in [6.45, 7) is 0. The van der Waals surface area contributed by atoms with Gasteiger partial charge in [0.05, 0.1) is 0 Å². The lowest BCUT2D eigenvalue weighted by Gasteiger charge is -2.11. The molecule has 0 aliphatic heterocycles. The third-order valence-corrected chi connectivity index (χ3v) is 8.07. The van der Waals surface area contributed by atoms with E-state index in [-0.39, 0.29) is 0 Å². The third kappa shape index (κ3) is 4.41. The molecular formula is C35H23N3S. The fourth-order valence-corrected chi connectivity index (χ4v) is 6.22. The molecule has 0 aliphatic carbocycles. The predicted molar refractivity (Wildman–Crippen MR) is 162 cm³/mol. The van der Waals surface area contributed by atoms with E-state index in [0.29, 0.717) is 17.5 Å². The van der Waals surface area contributed by atoms with E-state index in [0.717, 1.165) is 22.3 Å². The van der Waals surface area contributed by atoms with Crippen LogP contribution in [0.2, 0.25) is 0 Å². The summed E-state index contributed by atoms with van der Waals surface area (Å²) >= 11 is 1.82. The zero-order chi connectivity index (χ0) is 26.0. The lowest BCUT2D eigenvalue weighted by atomic mass is 10.0. The summed E-state index contributed by atoms with van der Waals surface area (Å²) in [6.07, 6.45) is 0. The molecule has 0 saturated heterocycles. The second-order valence-electron chi connectivity index (χ2n) is 9.26. The molecule has 0 radical (unpaired) electrons. The number of thiophene rings is 1. The lowest BCUT2D eigenvalue weighted by Crippen LogP contribution is -2.00. The van der Waals surface area contributed by atoms with Crippen LogP contribution in [0.5, 0.6) is 0 Å². The van der Waals surface area contributed by atoms with Crippen molar-refractivity contribution in [1.29, 1.82) is 0 Å². The SMILES string of the molecule is c1ccc(-c2nc(-c3ccccc3)nc(-c3ccccc3-c3sc(-c4ccccc4)c4ccccc34)n2)cc1. The van der Waals surface area contributed by atoms with Crippen LogP contribution in [0.25, 0.3) is 65.8 Å². The van der Waals surface area contributed by atoms with Gasteiger partial charge in [0.25, 0.3) is 0 Å². The molecule has 0 bridgehead atoms. The standard InChI is InChI=1S/C35H23N3S/c1-4-14-24(15-5-1)31-27-20-10-11-21-28(27)32(39-31)29-22-12-13-23-30(29)35-37-33(25-16-6-2-7-17-25)36-34(38-35)26-18-8-3-9-19-26/h1-23H. The summed E-state index contributed by atoms with van der Waals surface area (Å²) < 4.78 is 0. The Morgan fingerprint density at radius 3 is 1.31 bits per heavy atom. The molecule has 3 nitrogen and oxygen atoms in total. The highest BCUT2D eigenvalue weighted by Crippen LogP contribution is 2.46. The van der Waals surface area contributed by atoms with E-state index in [1.54, 1.807) is 0 Å². The Kier molecular flexibility index (Phi) is 6.00. The fourth-order valence-electron chi connectivity index (χ4n) is 4.90. The van der Waals surface area contributed by atoms with Crippen LogP contribution in [0, 0.1) is 0 Å². The lowest BCUT2D eigenvalue weighted by molar-refractivity contribution is 1.07. The highest BCUT2D eigenvalue weighted by atomic mass is 32.1. The fraction of sp³-hybridized carbons (Fsp3) is 0. The van der Waals surface area contributed by atoms with Crippen molar-refractivity contribution in [2.75, 3.05) is 0 Å². The van der Waals surface area contributed by atoms with Gasteiger partial charge in [0, 0.05) is 42.8 Å². The van der Waals surface area contributed by atoms with E-state index in [1.807, 2.05) is 72.0 Å². The van der Waals surface area contributed by atoms with Crippen LogP contribution in [0.4, 0.5) is 0 Å². The largest absolute Gasteiger partial charge is 0.208 e. The van der Waals surface area contributed by atoms with Crippen molar-refractivity contribution < 1.29 is 0 Å². The average Bonchev–Trinajstić information content (AvgIpc) is 3.42. The van der Waals surface area contributed by atoms with E-state index >= 15 is 0 Å². The van der Waals surface area contributed by atoms with E-state index in [4.69, 9.17) is 15.0 Å². The summed E-state index contributed by atoms with van der Waals surface area (Å²) in [6, 6.07) is 47.9. The smallest absolute Gasteiger partial charge is 0.164 e. The molecule has 0 spiro atoms. The Balaban J connectivity index is 1.46. The van der Waals surface area contributed by atoms with Gasteiger partial charge in [-0.1, -0.05) is 140 Å². The van der Waals surface area contributed by atoms with Crippen LogP contribution in [0.15, 0.2) is 140 Å². The van der Waals surface area contributed by atoms with Gasteiger partial charge in [0.1, 0.15) is 0 Å². The summed E-state index contributed by atoms with van der Waals surface area (Å²) in [5.74, 6) is 1.99. The second kappa shape index (κ2) is 10.1. The van der Waals surface area contributed by atoms with Crippen LogP contribution in [0.3, 0.4) is 0 Å². The number of aromatic nitrogens is 3. The maximum absolute atomic E-state index is 5.01. The molecule has 0 N–H and O–H groups in total. The van der Waals surface area contributed by atoms with Gasteiger partial charge >= 0.3 is 0 Å². The topological polar surface area (TPSA) is 38.7 Å². The van der Waals surface area contributed by atoms with Crippen molar-refractivity contribution >= 4 is 22.1 Å². The van der Waals surface area contributed by atoms with E-state index in [9.17, 15) is 0 Å². The first kappa shape index (κ1) is 23.2. The molecule has 0 unspecified atom stereocenters. The Labute approximate surface area is 231 Å². The van der Waals surface area contributed by atoms with Crippen LogP contribution >= 0.6 is 11.3 Å². The minimum absolute atomic E-state index is 0.662. The molecule has 0 fully saturated rings. The number of hydrogen-bond acceptors (Lipinski definition) is 4. The Bertz CT molecular complexity index is 1840. The van der Waals surface area contributed by atoms with Gasteiger partial charge in [-0.15, -0.1) is 11.3 Å². The average molecular weight is 518 g/mol. The van der Waals surface area contributed by atoms with Gasteiger partial charge in [0.2, 0.25) is 0 Å². The Hall–Kier alpha value is -4.93. The molecule has 39 heavy (non-hydrogen) atoms. The highest BCUT2D eigenvalue weighted by molar-refractivity contribution is 7.21. The number of benzene rings is 5. The molecule has 0 saturated carbocycles. The quantitative estimate of drug-likeness (QED) is 0.228. The molecule has 4 heteroatoms. The molecular weight excluding hydrogens is 494 g/mol. The van der Waals surface area contributed by atoms with Crippen LogP contribution in [-0.4, -0.2) is 15.0 Å². The number of rotatable bonds is 5. The molecule has 7 aromatic rings. The highest BCUT2D eigenvalue weighted by Gasteiger charge is 2.19. The minimum Gasteiger partial charge on any atom is -0.208 e. The molecule has 0 atom stereocenters. The summed E-state index contributed by atoms with van der Waals surface area (Å²) in [7, 11) is 0. The molecule has 184 valence electrons. The van der Waals surface area contributed by atoms with Crippen LogP contribution < -0.4 is 0 Å². The molecule has 0 aliphatic rings. The van der Waals surface area contributed by atoms with Gasteiger partial charge in [-0.05, 0) is 5.56 Å². The van der Waals surface area contributed by atoms with E-state index in [1.165, 1.54) is 26.1 Å². The normalized spacial score (nSPS) is 11.1. The van der Waals surface area contributed by atoms with Crippen molar-refractivity contribution in [3.63, 3.8) is 0 Å². The second-order valence-corrected chi connectivity index (χ2v) is 10.3. The van der Waals surface area contributed by atoms with Crippen LogP contribution in [-0.2, 0) is 0 Å². The Morgan fingerprint density at radius 2 is 0.744 bits per heavy atom. The van der Waals surface area contributed by atoms with Crippen LogP contribution in [0.1, 0.15) is 0 Å². The van der Waals surface area contributed by atoms with Crippen molar-refractivity contribution in [1.82, 2.24) is 15.0 Å². The Morgan fingerprint density at radius 1 is 0.333 bits per heavy atom. The maximum atomic E-state index is 5.01. The van der Waals surface area contributed by atoms with Gasteiger partial charge < -0.3 is 0 Å². The van der Waals surface area contributed by atoms with Crippen molar-refractivity contribution in [2.24, 2.45) is 0 Å². The number of fused-ring (bicyclic) bond motifs is 1. The molecule has 7 rings (SSSR count). The van der Waals surface area contributed by atoms with E-state index < -0.39 is 0 Å². The van der Waals surface area contributed by atoms with Gasteiger partial charge in [-0.2, -0.15) is 0 Å². The predicted octanol–water partition coefficient (Wildman–Crippen LogP) is 9.42. The van der Waals surface area contributed by atoms with E-state index in [2.05, 4.69) is 78.9 Å². The van der Waals surface area contributed by atoms with Gasteiger partial charge in [0.15, 0.2) is 17.5 Å². The first-order valence-corrected chi connectivity index (χ1v) is 13.7. The number of nitrogens with zero attached hydrogens (tertiary/aromatic N) is 3. The summed E-state index contributed by atoms with van der Waals surface area (Å²) in [5, 5.41) is 2.48. The zero-order valence-electron chi connectivity index (χ0n) is 21.0. The third-order valence-electron chi connectivity index (χ3n) is 6.77. The molecule has 2 heterocycles. The van der Waals surface area contributed by atoms with Crippen molar-refractivity contribution in [3.05, 3.63) is 140 Å². The van der Waals surface area contributed by atoms with Crippen molar-refractivity contribution in [3.8, 4) is 55.0 Å². The molecule has 2 aromatic heterocycles. The first-order valence-electron chi connectivity index (χ1n) is 12.9. The molecule has 5 aromatic carbocycles. The minimum atomic E-state index is 0.662. The maximum Gasteiger partial charge on any atom is 0.164 e. The van der Waals surface area contributed by atoms with Gasteiger partial charge in [-0.3, -0.25) is 0 Å².